The lowest BCUT2D eigenvalue weighted by molar-refractivity contribution is 0.0697. The van der Waals surface area contributed by atoms with Gasteiger partial charge < -0.3 is 5.11 Å². The number of carboxylic acids is 1. The number of carboxylic acid groups (broad SMARTS) is 1. The fourth-order valence-corrected chi connectivity index (χ4v) is 2.42. The molecule has 0 aliphatic heterocycles. The van der Waals surface area contributed by atoms with Crippen LogP contribution in [0.1, 0.15) is 43.1 Å². The second kappa shape index (κ2) is 5.90. The van der Waals surface area contributed by atoms with Crippen molar-refractivity contribution in [3.05, 3.63) is 58.6 Å². The van der Waals surface area contributed by atoms with Crippen molar-refractivity contribution in [2.45, 2.75) is 32.6 Å². The monoisotopic (exact) mass is 302 g/mol. The third kappa shape index (κ3) is 3.27. The van der Waals surface area contributed by atoms with Crippen LogP contribution in [0.25, 0.3) is 11.1 Å². The molecule has 2 aromatic rings. The normalized spacial score (nSPS) is 11.4. The summed E-state index contributed by atoms with van der Waals surface area (Å²) in [5.74, 6) is -0.967. The lowest BCUT2D eigenvalue weighted by Gasteiger charge is -2.23. The Morgan fingerprint density at radius 2 is 1.76 bits per heavy atom. The maximum atomic E-state index is 11.4. The van der Waals surface area contributed by atoms with Crippen LogP contribution in [-0.4, -0.2) is 11.1 Å². The number of halogens is 1. The fourth-order valence-electron chi connectivity index (χ4n) is 2.25. The van der Waals surface area contributed by atoms with Gasteiger partial charge in [-0.1, -0.05) is 62.7 Å². The van der Waals surface area contributed by atoms with Crippen molar-refractivity contribution in [3.63, 3.8) is 0 Å². The Morgan fingerprint density at radius 1 is 1.14 bits per heavy atom. The average Bonchev–Trinajstić information content (AvgIpc) is 2.47. The van der Waals surface area contributed by atoms with E-state index >= 15 is 0 Å². The number of carbonyl (C=O) groups is 1. The van der Waals surface area contributed by atoms with Gasteiger partial charge in [0.25, 0.3) is 0 Å². The first-order valence-corrected chi connectivity index (χ1v) is 7.36. The Labute approximate surface area is 130 Å². The van der Waals surface area contributed by atoms with Crippen molar-refractivity contribution in [2.75, 3.05) is 0 Å². The zero-order valence-electron chi connectivity index (χ0n) is 12.5. The van der Waals surface area contributed by atoms with Crippen LogP contribution < -0.4 is 0 Å². The third-order valence-electron chi connectivity index (χ3n) is 4.07. The van der Waals surface area contributed by atoms with Crippen molar-refractivity contribution in [1.82, 2.24) is 0 Å². The van der Waals surface area contributed by atoms with Gasteiger partial charge in [0, 0.05) is 5.02 Å². The molecule has 2 nitrogen and oxygen atoms in total. The summed E-state index contributed by atoms with van der Waals surface area (Å²) in [6.07, 6.45) is 1.05. The third-order valence-corrected chi connectivity index (χ3v) is 4.31. The van der Waals surface area contributed by atoms with E-state index in [0.29, 0.717) is 10.6 Å². The Morgan fingerprint density at radius 3 is 2.29 bits per heavy atom. The van der Waals surface area contributed by atoms with Crippen LogP contribution in [0.5, 0.6) is 0 Å². The number of benzene rings is 2. The van der Waals surface area contributed by atoms with Crippen LogP contribution in [0.2, 0.25) is 5.02 Å². The molecule has 0 aliphatic rings. The number of aromatic carboxylic acids is 1. The summed E-state index contributed by atoms with van der Waals surface area (Å²) < 4.78 is 0. The van der Waals surface area contributed by atoms with Crippen LogP contribution in [0.3, 0.4) is 0 Å². The minimum atomic E-state index is -0.967. The SMILES string of the molecule is CCC(C)(C)c1ccc(-c2ccc(Cl)cc2C(=O)O)cc1. The van der Waals surface area contributed by atoms with Crippen LogP contribution in [0, 0.1) is 0 Å². The summed E-state index contributed by atoms with van der Waals surface area (Å²) in [5.41, 5.74) is 3.17. The smallest absolute Gasteiger partial charge is 0.336 e. The van der Waals surface area contributed by atoms with Crippen LogP contribution in [0.15, 0.2) is 42.5 Å². The summed E-state index contributed by atoms with van der Waals surface area (Å²) in [4.78, 5) is 11.4. The molecule has 1 N–H and O–H groups in total. The highest BCUT2D eigenvalue weighted by molar-refractivity contribution is 6.31. The molecule has 0 bridgehead atoms. The first-order valence-electron chi connectivity index (χ1n) is 6.99. The fraction of sp³-hybridized carbons (Fsp3) is 0.278. The van der Waals surface area contributed by atoms with Crippen LogP contribution in [-0.2, 0) is 5.41 Å². The van der Waals surface area contributed by atoms with Gasteiger partial charge in [0.05, 0.1) is 5.56 Å². The molecule has 21 heavy (non-hydrogen) atoms. The van der Waals surface area contributed by atoms with Gasteiger partial charge in [-0.05, 0) is 40.7 Å². The molecule has 0 aliphatic carbocycles. The topological polar surface area (TPSA) is 37.3 Å². The van der Waals surface area contributed by atoms with Crippen LogP contribution >= 0.6 is 11.6 Å². The summed E-state index contributed by atoms with van der Waals surface area (Å²) >= 11 is 5.89. The Hall–Kier alpha value is -1.80. The van der Waals surface area contributed by atoms with E-state index in [0.717, 1.165) is 12.0 Å². The van der Waals surface area contributed by atoms with Gasteiger partial charge in [-0.15, -0.1) is 0 Å². The minimum absolute atomic E-state index is 0.119. The first kappa shape index (κ1) is 15.6. The zero-order chi connectivity index (χ0) is 15.6. The van der Waals surface area contributed by atoms with Crippen molar-refractivity contribution in [3.8, 4) is 11.1 Å². The van der Waals surface area contributed by atoms with E-state index in [1.807, 2.05) is 12.1 Å². The quantitative estimate of drug-likeness (QED) is 0.821. The molecule has 3 heteroatoms. The lowest BCUT2D eigenvalue weighted by atomic mass is 9.81. The van der Waals surface area contributed by atoms with Gasteiger partial charge in [-0.2, -0.15) is 0 Å². The predicted octanol–water partition coefficient (Wildman–Crippen LogP) is 5.39. The highest BCUT2D eigenvalue weighted by atomic mass is 35.5. The number of rotatable bonds is 4. The van der Waals surface area contributed by atoms with E-state index in [4.69, 9.17) is 11.6 Å². The van der Waals surface area contributed by atoms with Crippen molar-refractivity contribution in [1.29, 1.82) is 0 Å². The minimum Gasteiger partial charge on any atom is -0.478 e. The molecule has 0 radical (unpaired) electrons. The molecule has 0 saturated heterocycles. The van der Waals surface area contributed by atoms with Gasteiger partial charge in [0.15, 0.2) is 0 Å². The lowest BCUT2D eigenvalue weighted by Crippen LogP contribution is -2.15. The molecule has 0 aromatic heterocycles. The van der Waals surface area contributed by atoms with E-state index in [9.17, 15) is 9.90 Å². The van der Waals surface area contributed by atoms with Gasteiger partial charge in [0.2, 0.25) is 0 Å². The molecule has 110 valence electrons. The molecule has 0 spiro atoms. The first-order chi connectivity index (χ1) is 9.85. The molecular weight excluding hydrogens is 284 g/mol. The maximum Gasteiger partial charge on any atom is 0.336 e. The molecule has 2 rings (SSSR count). The summed E-state index contributed by atoms with van der Waals surface area (Å²) in [7, 11) is 0. The molecular formula is C18H19ClO2. The molecule has 0 saturated carbocycles. The second-order valence-corrected chi connectivity index (χ2v) is 6.25. The molecule has 0 atom stereocenters. The maximum absolute atomic E-state index is 11.4. The molecule has 0 fully saturated rings. The van der Waals surface area contributed by atoms with E-state index in [1.165, 1.54) is 11.6 Å². The van der Waals surface area contributed by atoms with E-state index < -0.39 is 5.97 Å². The van der Waals surface area contributed by atoms with Crippen molar-refractivity contribution < 1.29 is 9.90 Å². The summed E-state index contributed by atoms with van der Waals surface area (Å²) in [5, 5.41) is 9.75. The standard InChI is InChI=1S/C18H19ClO2/c1-4-18(2,3)13-7-5-12(6-8-13)15-10-9-14(19)11-16(15)17(20)21/h5-11H,4H2,1-3H3,(H,20,21). The van der Waals surface area contributed by atoms with Gasteiger partial charge in [0.1, 0.15) is 0 Å². The predicted molar refractivity (Wildman–Crippen MR) is 87.2 cm³/mol. The Balaban J connectivity index is 2.47. The highest BCUT2D eigenvalue weighted by Crippen LogP contribution is 2.31. The Kier molecular flexibility index (Phi) is 4.38. The van der Waals surface area contributed by atoms with Crippen molar-refractivity contribution >= 4 is 17.6 Å². The molecule has 0 amide bonds. The van der Waals surface area contributed by atoms with E-state index in [2.05, 4.69) is 32.9 Å². The van der Waals surface area contributed by atoms with Gasteiger partial charge in [-0.25, -0.2) is 4.79 Å². The Bertz CT molecular complexity index is 657. The largest absolute Gasteiger partial charge is 0.478 e. The zero-order valence-corrected chi connectivity index (χ0v) is 13.2. The van der Waals surface area contributed by atoms with Gasteiger partial charge in [-0.3, -0.25) is 0 Å². The summed E-state index contributed by atoms with van der Waals surface area (Å²) in [6.45, 7) is 6.57. The molecule has 0 unspecified atom stereocenters. The van der Waals surface area contributed by atoms with E-state index in [1.54, 1.807) is 12.1 Å². The average molecular weight is 303 g/mol. The second-order valence-electron chi connectivity index (χ2n) is 5.81. The number of hydrogen-bond donors (Lipinski definition) is 1. The summed E-state index contributed by atoms with van der Waals surface area (Å²) in [6, 6.07) is 13.0. The highest BCUT2D eigenvalue weighted by Gasteiger charge is 2.18. The molecule has 2 aromatic carbocycles. The van der Waals surface area contributed by atoms with Crippen molar-refractivity contribution in [2.24, 2.45) is 0 Å². The molecule has 0 heterocycles. The number of hydrogen-bond acceptors (Lipinski definition) is 1. The van der Waals surface area contributed by atoms with E-state index in [-0.39, 0.29) is 11.0 Å². The van der Waals surface area contributed by atoms with Gasteiger partial charge >= 0.3 is 5.97 Å². The van der Waals surface area contributed by atoms with Crippen LogP contribution in [0.4, 0.5) is 0 Å².